The monoisotopic (exact) mass is 325 g/mol. The lowest BCUT2D eigenvalue weighted by Gasteiger charge is -2.33. The van der Waals surface area contributed by atoms with Crippen molar-refractivity contribution >= 4 is 25.1 Å². The average Bonchev–Trinajstić information content (AvgIpc) is 2.43. The highest BCUT2D eigenvalue weighted by Gasteiger charge is 2.56. The number of carbonyl (C=O) groups is 2. The van der Waals surface area contributed by atoms with Gasteiger partial charge in [-0.3, -0.25) is 14.2 Å². The van der Waals surface area contributed by atoms with Gasteiger partial charge in [-0.2, -0.15) is 0 Å². The van der Waals surface area contributed by atoms with Gasteiger partial charge in [0.2, 0.25) is 0 Å². The Morgan fingerprint density at radius 3 is 1.95 bits per heavy atom. The predicted molar refractivity (Wildman–Crippen MR) is 73.2 cm³/mol. The Bertz CT molecular complexity index is 465. The third-order valence-corrected chi connectivity index (χ3v) is 5.14. The quantitative estimate of drug-likeness (QED) is 0.294. The van der Waals surface area contributed by atoms with Crippen LogP contribution in [0.2, 0.25) is 0 Å². The highest BCUT2D eigenvalue weighted by molar-refractivity contribution is 7.56. The van der Waals surface area contributed by atoms with Gasteiger partial charge in [-0.15, -0.1) is 0 Å². The van der Waals surface area contributed by atoms with Crippen LogP contribution in [0.25, 0.3) is 0 Å². The van der Waals surface area contributed by atoms with E-state index in [-0.39, 0.29) is 0 Å². The largest absolute Gasteiger partial charge is 0.468 e. The summed E-state index contributed by atoms with van der Waals surface area (Å²) in [5.41, 5.74) is -4.63. The van der Waals surface area contributed by atoms with Crippen molar-refractivity contribution < 1.29 is 37.9 Å². The molecule has 0 saturated heterocycles. The molecule has 0 aliphatic rings. The average molecular weight is 325 g/mol. The van der Waals surface area contributed by atoms with E-state index in [1.54, 1.807) is 0 Å². The fourth-order valence-corrected chi connectivity index (χ4v) is 3.47. The van der Waals surface area contributed by atoms with E-state index in [1.165, 1.54) is 0 Å². The number of hydrogen-bond acceptors (Lipinski definition) is 9. The van der Waals surface area contributed by atoms with Gasteiger partial charge >= 0.3 is 13.6 Å². The molecule has 0 fully saturated rings. The maximum atomic E-state index is 12.5. The van der Waals surface area contributed by atoms with E-state index in [1.807, 2.05) is 0 Å². The lowest BCUT2D eigenvalue weighted by molar-refractivity contribution is -0.143. The SMILES string of the molecule is CO/N=C(\C(C)=O)C(C)(O)C(C(=O)OC)P(=O)(OC)OC. The van der Waals surface area contributed by atoms with E-state index in [4.69, 9.17) is 9.05 Å². The van der Waals surface area contributed by atoms with Crippen LogP contribution in [0.5, 0.6) is 0 Å². The Kier molecular flexibility index (Phi) is 7.18. The normalized spacial score (nSPS) is 16.8. The van der Waals surface area contributed by atoms with Crippen LogP contribution in [-0.4, -0.2) is 62.3 Å². The van der Waals surface area contributed by atoms with Crippen molar-refractivity contribution in [2.45, 2.75) is 25.1 Å². The highest BCUT2D eigenvalue weighted by atomic mass is 31.2. The van der Waals surface area contributed by atoms with Crippen LogP contribution < -0.4 is 0 Å². The maximum absolute atomic E-state index is 12.5. The Hall–Kier alpha value is -1.28. The fourth-order valence-electron chi connectivity index (χ4n) is 1.80. The van der Waals surface area contributed by atoms with Gasteiger partial charge in [0.15, 0.2) is 17.2 Å². The van der Waals surface area contributed by atoms with Crippen LogP contribution in [0.3, 0.4) is 0 Å². The van der Waals surface area contributed by atoms with Gasteiger partial charge in [-0.25, -0.2) is 0 Å². The van der Waals surface area contributed by atoms with Crippen molar-refractivity contribution in [3.05, 3.63) is 0 Å². The Labute approximate surface area is 122 Å². The number of nitrogens with zero attached hydrogens (tertiary/aromatic N) is 1. The number of oxime groups is 1. The molecule has 21 heavy (non-hydrogen) atoms. The summed E-state index contributed by atoms with van der Waals surface area (Å²) in [5.74, 6) is -1.77. The van der Waals surface area contributed by atoms with Crippen molar-refractivity contribution in [2.75, 3.05) is 28.4 Å². The zero-order valence-corrected chi connectivity index (χ0v) is 13.7. The van der Waals surface area contributed by atoms with Crippen molar-refractivity contribution in [3.63, 3.8) is 0 Å². The molecule has 0 aromatic heterocycles. The zero-order valence-electron chi connectivity index (χ0n) is 12.8. The number of hydrogen-bond donors (Lipinski definition) is 1. The van der Waals surface area contributed by atoms with Gasteiger partial charge in [0.05, 0.1) is 7.11 Å². The third-order valence-electron chi connectivity index (χ3n) is 2.78. The first-order valence-electron chi connectivity index (χ1n) is 5.76. The van der Waals surface area contributed by atoms with Crippen molar-refractivity contribution in [3.8, 4) is 0 Å². The molecule has 0 bridgehead atoms. The third kappa shape index (κ3) is 4.10. The molecule has 0 amide bonds. The molecular weight excluding hydrogens is 305 g/mol. The molecule has 2 atom stereocenters. The van der Waals surface area contributed by atoms with E-state index in [2.05, 4.69) is 14.7 Å². The van der Waals surface area contributed by atoms with E-state index < -0.39 is 36.3 Å². The second kappa shape index (κ2) is 7.65. The first kappa shape index (κ1) is 19.7. The number of ketones is 1. The van der Waals surface area contributed by atoms with Gasteiger partial charge in [0.1, 0.15) is 12.7 Å². The minimum absolute atomic E-state index is 0.519. The molecule has 0 rings (SSSR count). The van der Waals surface area contributed by atoms with E-state index in [0.29, 0.717) is 0 Å². The minimum atomic E-state index is -4.12. The first-order valence-corrected chi connectivity index (χ1v) is 7.37. The summed E-state index contributed by atoms with van der Waals surface area (Å²) in [6.45, 7) is 2.17. The summed E-state index contributed by atoms with van der Waals surface area (Å²) >= 11 is 0. The second-order valence-electron chi connectivity index (χ2n) is 4.16. The van der Waals surface area contributed by atoms with E-state index in [0.717, 1.165) is 42.3 Å². The highest BCUT2D eigenvalue weighted by Crippen LogP contribution is 2.55. The van der Waals surface area contributed by atoms with Gasteiger partial charge in [0.25, 0.3) is 0 Å². The Morgan fingerprint density at radius 2 is 1.67 bits per heavy atom. The molecule has 0 radical (unpaired) electrons. The van der Waals surface area contributed by atoms with Gasteiger partial charge in [-0.1, -0.05) is 5.16 Å². The standard InChI is InChI=1S/C11H20NO8P/c1-7(13)8(12-18-4)11(2,15)9(10(14)17-3)21(16,19-5)20-6/h9,15H,1-6H3/b12-8+. The van der Waals surface area contributed by atoms with Crippen LogP contribution in [-0.2, 0) is 32.8 Å². The molecule has 122 valence electrons. The number of ether oxygens (including phenoxy) is 1. The fraction of sp³-hybridized carbons (Fsp3) is 0.727. The molecule has 0 heterocycles. The lowest BCUT2D eigenvalue weighted by atomic mass is 9.93. The summed E-state index contributed by atoms with van der Waals surface area (Å²) in [6, 6.07) is 0. The summed E-state index contributed by atoms with van der Waals surface area (Å²) in [7, 11) is 0.143. The van der Waals surface area contributed by atoms with Crippen LogP contribution in [0.4, 0.5) is 0 Å². The molecule has 1 N–H and O–H groups in total. The van der Waals surface area contributed by atoms with Crippen LogP contribution in [0.15, 0.2) is 5.16 Å². The van der Waals surface area contributed by atoms with Crippen molar-refractivity contribution in [1.82, 2.24) is 0 Å². The van der Waals surface area contributed by atoms with Crippen LogP contribution in [0, 0.1) is 0 Å². The number of Topliss-reactive ketones (excluding diaryl/α,β-unsaturated/α-hetero) is 1. The molecule has 2 unspecified atom stereocenters. The number of carbonyl (C=O) groups excluding carboxylic acids is 2. The topological polar surface area (TPSA) is 121 Å². The second-order valence-corrected chi connectivity index (χ2v) is 6.48. The van der Waals surface area contributed by atoms with Gasteiger partial charge in [-0.05, 0) is 6.92 Å². The molecule has 0 aliphatic carbocycles. The predicted octanol–water partition coefficient (Wildman–Crippen LogP) is 0.356. The van der Waals surface area contributed by atoms with E-state index in [9.17, 15) is 19.3 Å². The molecule has 0 aromatic carbocycles. The minimum Gasteiger partial charge on any atom is -0.468 e. The number of rotatable bonds is 8. The summed E-state index contributed by atoms with van der Waals surface area (Å²) < 4.78 is 26.5. The van der Waals surface area contributed by atoms with Crippen LogP contribution >= 0.6 is 7.60 Å². The lowest BCUT2D eigenvalue weighted by Crippen LogP contribution is -2.53. The molecule has 9 nitrogen and oxygen atoms in total. The number of aliphatic hydroxyl groups is 1. The zero-order chi connectivity index (χ0) is 16.8. The van der Waals surface area contributed by atoms with Crippen LogP contribution in [0.1, 0.15) is 13.8 Å². The van der Waals surface area contributed by atoms with Crippen molar-refractivity contribution in [1.29, 1.82) is 0 Å². The molecule has 0 saturated carbocycles. The Balaban J connectivity index is 6.16. The molecule has 0 aromatic rings. The van der Waals surface area contributed by atoms with E-state index >= 15 is 0 Å². The van der Waals surface area contributed by atoms with Gasteiger partial charge in [0, 0.05) is 21.1 Å². The summed E-state index contributed by atoms with van der Waals surface area (Å²) in [4.78, 5) is 28.0. The maximum Gasteiger partial charge on any atom is 0.347 e. The first-order chi connectivity index (χ1) is 9.62. The summed E-state index contributed by atoms with van der Waals surface area (Å²) in [5, 5.41) is 14.0. The smallest absolute Gasteiger partial charge is 0.347 e. The van der Waals surface area contributed by atoms with Gasteiger partial charge < -0.3 is 23.7 Å². The molecule has 0 spiro atoms. The number of esters is 1. The molecule has 10 heteroatoms. The summed E-state index contributed by atoms with van der Waals surface area (Å²) in [6.07, 6.45) is 0. The molecular formula is C11H20NO8P. The molecule has 0 aliphatic heterocycles. The van der Waals surface area contributed by atoms with Crippen molar-refractivity contribution in [2.24, 2.45) is 5.16 Å². The Morgan fingerprint density at radius 1 is 1.19 bits per heavy atom. The number of methoxy groups -OCH3 is 1.